The molecule has 0 aromatic heterocycles. The summed E-state index contributed by atoms with van der Waals surface area (Å²) in [5, 5.41) is 0. The average Bonchev–Trinajstić information content (AvgIpc) is 0.722. The zero-order valence-electron chi connectivity index (χ0n) is 2.79. The molecule has 0 fully saturated rings. The van der Waals surface area contributed by atoms with Crippen molar-refractivity contribution in [3.05, 3.63) is 0 Å². The third kappa shape index (κ3) is 65.8. The van der Waals surface area contributed by atoms with Crippen LogP contribution in [0, 0.1) is 0 Å². The molecule has 0 unspecified atom stereocenters. The zero-order chi connectivity index (χ0) is 4.50. The molecule has 0 bridgehead atoms. The fourth-order valence-corrected chi connectivity index (χ4v) is 0. The van der Waals surface area contributed by atoms with E-state index in [0.717, 1.165) is 0 Å². The van der Waals surface area contributed by atoms with Crippen LogP contribution in [0.25, 0.3) is 0 Å². The summed E-state index contributed by atoms with van der Waals surface area (Å²) in [6.07, 6.45) is 0. The molecular formula is H9CaKO5Si. The van der Waals surface area contributed by atoms with Gasteiger partial charge in [-0.15, -0.1) is 0 Å². The van der Waals surface area contributed by atoms with Gasteiger partial charge in [-0.3, -0.25) is 0 Å². The molecule has 6 N–H and O–H groups in total. The first kappa shape index (κ1) is 22.4. The minimum absolute atomic E-state index is 0. The van der Waals surface area contributed by atoms with Gasteiger partial charge in [0, 0.05) is 0 Å². The molecule has 8 heavy (non-hydrogen) atoms. The Hall–Kier alpha value is 2.91. The van der Waals surface area contributed by atoms with Crippen molar-refractivity contribution in [3.8, 4) is 0 Å². The molecule has 0 aliphatic heterocycles. The minimum atomic E-state index is -4.61. The van der Waals surface area contributed by atoms with Gasteiger partial charge < -0.3 is 24.7 Å². The van der Waals surface area contributed by atoms with E-state index < -0.39 is 9.05 Å². The van der Waals surface area contributed by atoms with E-state index in [1.54, 1.807) is 0 Å². The second kappa shape index (κ2) is 9.91. The Morgan fingerprint density at radius 1 is 0.875 bits per heavy atom. The second-order valence-electron chi connectivity index (χ2n) is 0.600. The molecule has 8 heteroatoms. The van der Waals surface area contributed by atoms with Gasteiger partial charge in [-0.1, -0.05) is 0 Å². The van der Waals surface area contributed by atoms with Crippen LogP contribution in [0.1, 0.15) is 0 Å². The number of hydrogen-bond donors (Lipinski definition) is 4. The van der Waals surface area contributed by atoms with Crippen LogP contribution >= 0.6 is 0 Å². The van der Waals surface area contributed by atoms with E-state index in [-0.39, 0.29) is 94.6 Å². The normalized spacial score (nSPS) is 7.50. The van der Waals surface area contributed by atoms with Gasteiger partial charge in [0.1, 0.15) is 0 Å². The van der Waals surface area contributed by atoms with E-state index in [0.29, 0.717) is 0 Å². The fraction of sp³-hybridized carbons (Fsp3) is 0. The van der Waals surface area contributed by atoms with Gasteiger partial charge in [-0.05, 0) is 0 Å². The van der Waals surface area contributed by atoms with E-state index in [2.05, 4.69) is 0 Å². The van der Waals surface area contributed by atoms with Gasteiger partial charge in [0.25, 0.3) is 0 Å². The first-order chi connectivity index (χ1) is 2.00. The molecule has 46 valence electrons. The van der Waals surface area contributed by atoms with Gasteiger partial charge in [0.2, 0.25) is 0 Å². The first-order valence-electron chi connectivity index (χ1n) is 0.894. The van der Waals surface area contributed by atoms with Gasteiger partial charge in [0.05, 0.1) is 0 Å². The summed E-state index contributed by atoms with van der Waals surface area (Å²) in [5.74, 6) is 0. The van der Waals surface area contributed by atoms with Crippen LogP contribution < -0.4 is 0 Å². The summed E-state index contributed by atoms with van der Waals surface area (Å²) in [4.78, 5) is 29.3. The SMILES string of the molecule is O.O[Si](O)(O)O.[CaH2].[KH]. The summed E-state index contributed by atoms with van der Waals surface area (Å²) in [5.41, 5.74) is 0. The molecule has 0 aromatic rings. The molecule has 0 heterocycles. The third-order valence-electron chi connectivity index (χ3n) is 0. The summed E-state index contributed by atoms with van der Waals surface area (Å²) in [7, 11) is -4.61. The fourth-order valence-electron chi connectivity index (χ4n) is 0. The van der Waals surface area contributed by atoms with Gasteiger partial charge in [0.15, 0.2) is 0 Å². The molecule has 0 atom stereocenters. The van der Waals surface area contributed by atoms with Crippen LogP contribution in [-0.2, 0) is 0 Å². The Kier molecular flexibility index (Phi) is 27.8. The summed E-state index contributed by atoms with van der Waals surface area (Å²) in [6.45, 7) is 0. The van der Waals surface area contributed by atoms with Gasteiger partial charge in [-0.25, -0.2) is 0 Å². The first-order valence-corrected chi connectivity index (χ1v) is 2.68. The molecule has 0 radical (unpaired) electrons. The second-order valence-corrected chi connectivity index (χ2v) is 1.80. The van der Waals surface area contributed by atoms with Crippen LogP contribution in [0.4, 0.5) is 0 Å². The van der Waals surface area contributed by atoms with Gasteiger partial charge >= 0.3 is 98.2 Å². The van der Waals surface area contributed by atoms with E-state index in [1.807, 2.05) is 0 Å². The predicted octanol–water partition coefficient (Wildman–Crippen LogP) is -5.00. The molecule has 0 aliphatic carbocycles. The van der Waals surface area contributed by atoms with Crippen molar-refractivity contribution in [1.82, 2.24) is 0 Å². The third-order valence-corrected chi connectivity index (χ3v) is 0. The molecule has 0 spiro atoms. The van der Waals surface area contributed by atoms with Crippen LogP contribution in [0.2, 0.25) is 0 Å². The van der Waals surface area contributed by atoms with Crippen LogP contribution in [0.5, 0.6) is 0 Å². The van der Waals surface area contributed by atoms with E-state index in [9.17, 15) is 0 Å². The summed E-state index contributed by atoms with van der Waals surface area (Å²) in [6, 6.07) is 0. The van der Waals surface area contributed by atoms with E-state index in [4.69, 9.17) is 19.2 Å². The van der Waals surface area contributed by atoms with Crippen molar-refractivity contribution >= 4 is 98.2 Å². The average molecular weight is 196 g/mol. The molecule has 5 nitrogen and oxygen atoms in total. The molecule has 0 saturated heterocycles. The molecule has 0 aromatic carbocycles. The van der Waals surface area contributed by atoms with Crippen molar-refractivity contribution in [3.63, 3.8) is 0 Å². The van der Waals surface area contributed by atoms with Crippen LogP contribution in [-0.4, -0.2) is 123 Å². The van der Waals surface area contributed by atoms with E-state index >= 15 is 0 Å². The van der Waals surface area contributed by atoms with Gasteiger partial charge in [-0.2, -0.15) is 0 Å². The maximum absolute atomic E-state index is 7.33. The Labute approximate surface area is 120 Å². The Morgan fingerprint density at radius 3 is 0.875 bits per heavy atom. The topological polar surface area (TPSA) is 112 Å². The molecule has 0 rings (SSSR count). The molecule has 0 amide bonds. The van der Waals surface area contributed by atoms with Crippen molar-refractivity contribution in [2.45, 2.75) is 0 Å². The Balaban J connectivity index is -0.0000000267. The van der Waals surface area contributed by atoms with Crippen molar-refractivity contribution in [1.29, 1.82) is 0 Å². The Bertz CT molecular complexity index is 27.9. The Morgan fingerprint density at radius 2 is 0.875 bits per heavy atom. The van der Waals surface area contributed by atoms with Crippen molar-refractivity contribution in [2.75, 3.05) is 0 Å². The standard InChI is InChI=1S/Ca.K.H4O4Si.H2O.3H/c;;1-5(2,3)4;;;;/h;;1-4H;1H2;;;. The monoisotopic (exact) mass is 196 g/mol. The van der Waals surface area contributed by atoms with Crippen molar-refractivity contribution < 1.29 is 24.7 Å². The van der Waals surface area contributed by atoms with Crippen LogP contribution in [0.15, 0.2) is 0 Å². The van der Waals surface area contributed by atoms with Crippen molar-refractivity contribution in [2.24, 2.45) is 0 Å². The number of hydrogen-bond acceptors (Lipinski definition) is 4. The summed E-state index contributed by atoms with van der Waals surface area (Å²) < 4.78 is 0. The quantitative estimate of drug-likeness (QED) is 0.291. The number of rotatable bonds is 0. The molecular weight excluding hydrogens is 187 g/mol. The summed E-state index contributed by atoms with van der Waals surface area (Å²) >= 11 is 0. The molecule has 0 saturated carbocycles. The maximum atomic E-state index is 7.33. The zero-order valence-corrected chi connectivity index (χ0v) is 3.79. The van der Waals surface area contributed by atoms with Crippen LogP contribution in [0.3, 0.4) is 0 Å². The predicted molar refractivity (Wildman–Crippen MR) is 33.9 cm³/mol. The molecule has 0 aliphatic rings. The van der Waals surface area contributed by atoms with E-state index in [1.165, 1.54) is 0 Å².